The predicted molar refractivity (Wildman–Crippen MR) is 94.2 cm³/mol. The highest BCUT2D eigenvalue weighted by Crippen LogP contribution is 2.29. The van der Waals surface area contributed by atoms with Gasteiger partial charge in [-0.15, -0.1) is 0 Å². The van der Waals surface area contributed by atoms with Gasteiger partial charge in [-0.1, -0.05) is 6.07 Å². The SMILES string of the molecule is NCC1CN(C2CCc3cc(-n4ccc(N)nc4=O)ccc3C2)C1. The van der Waals surface area contributed by atoms with E-state index in [1.807, 2.05) is 6.07 Å². The molecule has 0 bridgehead atoms. The third-order valence-electron chi connectivity index (χ3n) is 5.33. The van der Waals surface area contributed by atoms with Crippen LogP contribution in [0, 0.1) is 5.92 Å². The van der Waals surface area contributed by atoms with Gasteiger partial charge in [-0.2, -0.15) is 4.98 Å². The van der Waals surface area contributed by atoms with Crippen LogP contribution in [0.25, 0.3) is 5.69 Å². The molecule has 126 valence electrons. The van der Waals surface area contributed by atoms with Crippen LogP contribution in [-0.2, 0) is 12.8 Å². The van der Waals surface area contributed by atoms with E-state index in [1.165, 1.54) is 17.5 Å². The molecule has 2 aromatic rings. The van der Waals surface area contributed by atoms with Crippen molar-refractivity contribution in [1.29, 1.82) is 0 Å². The molecule has 1 saturated heterocycles. The first-order valence-corrected chi connectivity index (χ1v) is 8.55. The first kappa shape index (κ1) is 15.4. The van der Waals surface area contributed by atoms with Crippen molar-refractivity contribution < 1.29 is 0 Å². The molecule has 1 aromatic heterocycles. The van der Waals surface area contributed by atoms with Crippen molar-refractivity contribution in [2.45, 2.75) is 25.3 Å². The topological polar surface area (TPSA) is 90.2 Å². The van der Waals surface area contributed by atoms with Gasteiger partial charge in [-0.25, -0.2) is 4.79 Å². The van der Waals surface area contributed by atoms with Gasteiger partial charge in [0.2, 0.25) is 0 Å². The monoisotopic (exact) mass is 325 g/mol. The number of nitrogens with two attached hydrogens (primary N) is 2. The third-order valence-corrected chi connectivity index (χ3v) is 5.33. The van der Waals surface area contributed by atoms with E-state index in [0.29, 0.717) is 12.0 Å². The Bertz CT molecular complexity index is 809. The molecule has 6 nitrogen and oxygen atoms in total. The van der Waals surface area contributed by atoms with Crippen LogP contribution in [0.4, 0.5) is 5.82 Å². The molecule has 2 heterocycles. The summed E-state index contributed by atoms with van der Waals surface area (Å²) in [7, 11) is 0. The molecule has 6 heteroatoms. The zero-order valence-electron chi connectivity index (χ0n) is 13.7. The minimum atomic E-state index is -0.336. The van der Waals surface area contributed by atoms with E-state index in [9.17, 15) is 4.79 Å². The summed E-state index contributed by atoms with van der Waals surface area (Å²) in [6.45, 7) is 3.08. The fraction of sp³-hybridized carbons (Fsp3) is 0.444. The first-order chi connectivity index (χ1) is 11.6. The van der Waals surface area contributed by atoms with Crippen LogP contribution in [0.5, 0.6) is 0 Å². The lowest BCUT2D eigenvalue weighted by molar-refractivity contribution is 0.0504. The van der Waals surface area contributed by atoms with Gasteiger partial charge in [0.15, 0.2) is 0 Å². The Hall–Kier alpha value is -2.18. The molecule has 1 atom stereocenters. The standard InChI is InChI=1S/C18H23N5O/c19-9-12-10-22(11-12)15-3-1-14-8-16(4-2-13(14)7-15)23-6-5-17(20)21-18(23)24/h2,4-6,8,12,15H,1,3,7,9-11,19H2,(H2,20,21,24). The number of hydrogen-bond acceptors (Lipinski definition) is 5. The minimum Gasteiger partial charge on any atom is -0.383 e. The number of nitrogen functional groups attached to an aromatic ring is 1. The normalized spacial score (nSPS) is 21.3. The zero-order valence-corrected chi connectivity index (χ0v) is 13.7. The smallest absolute Gasteiger partial charge is 0.354 e. The van der Waals surface area contributed by atoms with Crippen LogP contribution in [0.3, 0.4) is 0 Å². The molecule has 0 radical (unpaired) electrons. The Morgan fingerprint density at radius 3 is 2.79 bits per heavy atom. The van der Waals surface area contributed by atoms with Gasteiger partial charge >= 0.3 is 5.69 Å². The van der Waals surface area contributed by atoms with Crippen LogP contribution in [-0.4, -0.2) is 40.1 Å². The summed E-state index contributed by atoms with van der Waals surface area (Å²) in [4.78, 5) is 18.4. The molecule has 1 unspecified atom stereocenters. The fourth-order valence-corrected chi connectivity index (χ4v) is 3.85. The second-order valence-corrected chi connectivity index (χ2v) is 6.91. The van der Waals surface area contributed by atoms with Crippen LogP contribution < -0.4 is 17.2 Å². The number of fused-ring (bicyclic) bond motifs is 1. The van der Waals surface area contributed by atoms with Crippen molar-refractivity contribution in [3.63, 3.8) is 0 Å². The molecule has 2 aliphatic rings. The average molecular weight is 325 g/mol. The van der Waals surface area contributed by atoms with Crippen molar-refractivity contribution in [1.82, 2.24) is 14.5 Å². The van der Waals surface area contributed by atoms with E-state index in [2.05, 4.69) is 22.0 Å². The highest BCUT2D eigenvalue weighted by molar-refractivity contribution is 5.43. The first-order valence-electron chi connectivity index (χ1n) is 8.55. The molecule has 4 N–H and O–H groups in total. The van der Waals surface area contributed by atoms with Crippen molar-refractivity contribution >= 4 is 5.82 Å². The molecule has 1 aliphatic heterocycles. The second kappa shape index (κ2) is 6.03. The Morgan fingerprint density at radius 1 is 1.21 bits per heavy atom. The van der Waals surface area contributed by atoms with E-state index in [0.717, 1.165) is 38.2 Å². The molecule has 24 heavy (non-hydrogen) atoms. The Labute approximate surface area is 141 Å². The van der Waals surface area contributed by atoms with Gasteiger partial charge < -0.3 is 11.5 Å². The quantitative estimate of drug-likeness (QED) is 0.861. The maximum atomic E-state index is 12.0. The average Bonchev–Trinajstić information content (AvgIpc) is 2.53. The lowest BCUT2D eigenvalue weighted by atomic mass is 9.84. The number of benzene rings is 1. The van der Waals surface area contributed by atoms with Gasteiger partial charge in [-0.05, 0) is 61.1 Å². The Kier molecular flexibility index (Phi) is 3.86. The molecular formula is C18H23N5O. The molecule has 0 saturated carbocycles. The third kappa shape index (κ3) is 2.72. The number of hydrogen-bond donors (Lipinski definition) is 2. The number of likely N-dealkylation sites (tertiary alicyclic amines) is 1. The highest BCUT2D eigenvalue weighted by Gasteiger charge is 2.33. The van der Waals surface area contributed by atoms with E-state index >= 15 is 0 Å². The highest BCUT2D eigenvalue weighted by atomic mass is 16.1. The van der Waals surface area contributed by atoms with E-state index in [4.69, 9.17) is 11.5 Å². The number of nitrogens with zero attached hydrogens (tertiary/aromatic N) is 3. The molecule has 1 aromatic carbocycles. The van der Waals surface area contributed by atoms with Crippen LogP contribution >= 0.6 is 0 Å². The summed E-state index contributed by atoms with van der Waals surface area (Å²) in [6.07, 6.45) is 4.99. The zero-order chi connectivity index (χ0) is 16.7. The van der Waals surface area contributed by atoms with Gasteiger partial charge in [0.05, 0.1) is 5.69 Å². The van der Waals surface area contributed by atoms with Crippen molar-refractivity contribution in [3.05, 3.63) is 52.1 Å². The maximum absolute atomic E-state index is 12.0. The number of rotatable bonds is 3. The molecule has 1 aliphatic carbocycles. The van der Waals surface area contributed by atoms with Gasteiger partial charge in [-0.3, -0.25) is 9.47 Å². The van der Waals surface area contributed by atoms with Crippen molar-refractivity contribution in [3.8, 4) is 5.69 Å². The summed E-state index contributed by atoms with van der Waals surface area (Å²) >= 11 is 0. The van der Waals surface area contributed by atoms with Crippen LogP contribution in [0.2, 0.25) is 0 Å². The number of aryl methyl sites for hydroxylation is 1. The van der Waals surface area contributed by atoms with Crippen molar-refractivity contribution in [2.75, 3.05) is 25.4 Å². The molecule has 4 rings (SSSR count). The minimum absolute atomic E-state index is 0.252. The van der Waals surface area contributed by atoms with Crippen LogP contribution in [0.15, 0.2) is 35.3 Å². The fourth-order valence-electron chi connectivity index (χ4n) is 3.85. The molecular weight excluding hydrogens is 302 g/mol. The number of anilines is 1. The number of aromatic nitrogens is 2. The lowest BCUT2D eigenvalue weighted by Gasteiger charge is -2.45. The maximum Gasteiger partial charge on any atom is 0.354 e. The largest absolute Gasteiger partial charge is 0.383 e. The second-order valence-electron chi connectivity index (χ2n) is 6.91. The molecule has 0 spiro atoms. The summed E-state index contributed by atoms with van der Waals surface area (Å²) in [5.74, 6) is 0.932. The van der Waals surface area contributed by atoms with E-state index in [1.54, 1.807) is 16.8 Å². The lowest BCUT2D eigenvalue weighted by Crippen LogP contribution is -2.55. The Balaban J connectivity index is 1.54. The summed E-state index contributed by atoms with van der Waals surface area (Å²) in [6, 6.07) is 8.55. The van der Waals surface area contributed by atoms with E-state index in [-0.39, 0.29) is 11.5 Å². The van der Waals surface area contributed by atoms with Gasteiger partial charge in [0.1, 0.15) is 5.82 Å². The predicted octanol–water partition coefficient (Wildman–Crippen LogP) is 0.562. The summed E-state index contributed by atoms with van der Waals surface area (Å²) < 4.78 is 1.55. The molecule has 1 fully saturated rings. The summed E-state index contributed by atoms with van der Waals surface area (Å²) in [5.41, 5.74) is 14.5. The van der Waals surface area contributed by atoms with Gasteiger partial charge in [0.25, 0.3) is 0 Å². The van der Waals surface area contributed by atoms with Crippen LogP contribution in [0.1, 0.15) is 17.5 Å². The molecule has 0 amide bonds. The van der Waals surface area contributed by atoms with Gasteiger partial charge in [0, 0.05) is 25.3 Å². The Morgan fingerprint density at radius 2 is 2.04 bits per heavy atom. The van der Waals surface area contributed by atoms with E-state index < -0.39 is 0 Å². The van der Waals surface area contributed by atoms with Crippen molar-refractivity contribution in [2.24, 2.45) is 11.7 Å². The summed E-state index contributed by atoms with van der Waals surface area (Å²) in [5, 5.41) is 0.